The number of nitrogens with zero attached hydrogens (tertiary/aromatic N) is 4. The van der Waals surface area contributed by atoms with Crippen LogP contribution in [0.3, 0.4) is 0 Å². The predicted octanol–water partition coefficient (Wildman–Crippen LogP) is 2.53. The Morgan fingerprint density at radius 3 is 2.58 bits per heavy atom. The van der Waals surface area contributed by atoms with Crippen LogP contribution in [0.2, 0.25) is 0 Å². The van der Waals surface area contributed by atoms with E-state index in [1.807, 2.05) is 43.2 Å². The molecule has 0 bridgehead atoms. The number of aryl methyl sites for hydroxylation is 1. The quantitative estimate of drug-likeness (QED) is 0.424. The number of nitrogens with one attached hydrogen (secondary N) is 1. The molecule has 132 valence electrons. The molecule has 0 fully saturated rings. The summed E-state index contributed by atoms with van der Waals surface area (Å²) in [6.45, 7) is 4.41. The van der Waals surface area contributed by atoms with Gasteiger partial charge in [0.25, 0.3) is 0 Å². The molecule has 2 aromatic rings. The lowest BCUT2D eigenvalue weighted by molar-refractivity contribution is 0.414. The van der Waals surface area contributed by atoms with E-state index in [4.69, 9.17) is 4.74 Å². The lowest BCUT2D eigenvalue weighted by Gasteiger charge is -2.22. The number of halogens is 1. The third kappa shape index (κ3) is 6.03. The molecule has 0 atom stereocenters. The summed E-state index contributed by atoms with van der Waals surface area (Å²) in [4.78, 5) is 6.42. The van der Waals surface area contributed by atoms with Crippen LogP contribution < -0.4 is 10.1 Å². The first-order chi connectivity index (χ1) is 11.1. The van der Waals surface area contributed by atoms with Crippen molar-refractivity contribution in [2.75, 3.05) is 27.7 Å². The molecule has 0 aliphatic rings. The van der Waals surface area contributed by atoms with Crippen LogP contribution in [0.25, 0.3) is 0 Å². The van der Waals surface area contributed by atoms with Crippen molar-refractivity contribution in [2.45, 2.75) is 20.0 Å². The van der Waals surface area contributed by atoms with Gasteiger partial charge in [-0.1, -0.05) is 12.1 Å². The summed E-state index contributed by atoms with van der Waals surface area (Å²) in [6, 6.07) is 8.07. The molecule has 0 saturated heterocycles. The number of aliphatic imine (C=N–C) groups is 1. The van der Waals surface area contributed by atoms with E-state index in [1.54, 1.807) is 14.2 Å². The first-order valence-corrected chi connectivity index (χ1v) is 7.66. The van der Waals surface area contributed by atoms with Crippen molar-refractivity contribution in [3.05, 3.63) is 47.8 Å². The average Bonchev–Trinajstić information content (AvgIpc) is 2.97. The first-order valence-electron chi connectivity index (χ1n) is 7.66. The molecule has 2 rings (SSSR count). The van der Waals surface area contributed by atoms with Crippen LogP contribution in [-0.2, 0) is 13.1 Å². The fourth-order valence-corrected chi connectivity index (χ4v) is 2.34. The van der Waals surface area contributed by atoms with Gasteiger partial charge in [-0.15, -0.1) is 24.0 Å². The summed E-state index contributed by atoms with van der Waals surface area (Å²) < 4.78 is 7.11. The van der Waals surface area contributed by atoms with Crippen LogP contribution in [0, 0.1) is 6.92 Å². The van der Waals surface area contributed by atoms with Crippen LogP contribution in [-0.4, -0.2) is 48.4 Å². The number of guanidine groups is 1. The minimum Gasteiger partial charge on any atom is -0.497 e. The van der Waals surface area contributed by atoms with Gasteiger partial charge in [0.15, 0.2) is 5.96 Å². The van der Waals surface area contributed by atoms with Gasteiger partial charge < -0.3 is 15.0 Å². The summed E-state index contributed by atoms with van der Waals surface area (Å²) in [7, 11) is 5.50. The molecule has 1 N–H and O–H groups in total. The van der Waals surface area contributed by atoms with E-state index in [2.05, 4.69) is 32.4 Å². The Kier molecular flexibility index (Phi) is 8.59. The number of methoxy groups -OCH3 is 1. The second kappa shape index (κ2) is 10.2. The van der Waals surface area contributed by atoms with E-state index < -0.39 is 0 Å². The Morgan fingerprint density at radius 1 is 1.33 bits per heavy atom. The van der Waals surface area contributed by atoms with Crippen LogP contribution in [0.4, 0.5) is 0 Å². The molecule has 0 amide bonds. The van der Waals surface area contributed by atoms with Crippen molar-refractivity contribution in [1.82, 2.24) is 20.0 Å². The number of hydrogen-bond acceptors (Lipinski definition) is 3. The zero-order chi connectivity index (χ0) is 16.7. The molecule has 24 heavy (non-hydrogen) atoms. The van der Waals surface area contributed by atoms with Gasteiger partial charge in [-0.2, -0.15) is 5.10 Å². The summed E-state index contributed by atoms with van der Waals surface area (Å²) in [5.41, 5.74) is 2.38. The van der Waals surface area contributed by atoms with Gasteiger partial charge in [0.2, 0.25) is 0 Å². The standard InChI is InChI=1S/C17H25N5O.HI/c1-14-11-20-22(12-14)10-9-19-17(18-2)21(3)13-15-5-7-16(23-4)8-6-15;/h5-8,11-12H,9-10,13H2,1-4H3,(H,18,19);1H. The number of aromatic nitrogens is 2. The summed E-state index contributed by atoms with van der Waals surface area (Å²) >= 11 is 0. The van der Waals surface area contributed by atoms with Crippen molar-refractivity contribution < 1.29 is 4.74 Å². The largest absolute Gasteiger partial charge is 0.497 e. The van der Waals surface area contributed by atoms with Crippen LogP contribution in [0.1, 0.15) is 11.1 Å². The molecule has 0 aliphatic heterocycles. The minimum absolute atomic E-state index is 0. The first kappa shape index (κ1) is 20.3. The van der Waals surface area contributed by atoms with Crippen molar-refractivity contribution >= 4 is 29.9 Å². The average molecular weight is 443 g/mol. The molecule has 1 heterocycles. The van der Waals surface area contributed by atoms with Gasteiger partial charge in [-0.05, 0) is 30.2 Å². The van der Waals surface area contributed by atoms with Crippen molar-refractivity contribution in [1.29, 1.82) is 0 Å². The second-order valence-electron chi connectivity index (χ2n) is 5.46. The van der Waals surface area contributed by atoms with Crippen LogP contribution >= 0.6 is 24.0 Å². The number of rotatable bonds is 6. The maximum Gasteiger partial charge on any atom is 0.193 e. The maximum atomic E-state index is 5.18. The molecule has 6 nitrogen and oxygen atoms in total. The van der Waals surface area contributed by atoms with Gasteiger partial charge >= 0.3 is 0 Å². The van der Waals surface area contributed by atoms with E-state index in [0.29, 0.717) is 0 Å². The smallest absolute Gasteiger partial charge is 0.193 e. The Morgan fingerprint density at radius 2 is 2.04 bits per heavy atom. The van der Waals surface area contributed by atoms with Crippen molar-refractivity contribution in [3.63, 3.8) is 0 Å². The van der Waals surface area contributed by atoms with E-state index >= 15 is 0 Å². The highest BCUT2D eigenvalue weighted by atomic mass is 127. The van der Waals surface area contributed by atoms with Gasteiger partial charge in [0, 0.05) is 33.4 Å². The van der Waals surface area contributed by atoms with E-state index in [-0.39, 0.29) is 24.0 Å². The van der Waals surface area contributed by atoms with Crippen LogP contribution in [0.5, 0.6) is 5.75 Å². The Labute approximate surface area is 160 Å². The number of ether oxygens (including phenoxy) is 1. The Bertz CT molecular complexity index is 639. The fourth-order valence-electron chi connectivity index (χ4n) is 2.34. The Hall–Kier alpha value is -1.77. The molecule has 7 heteroatoms. The molecule has 0 spiro atoms. The molecule has 1 aromatic heterocycles. The topological polar surface area (TPSA) is 54.7 Å². The van der Waals surface area contributed by atoms with Crippen molar-refractivity contribution in [3.8, 4) is 5.75 Å². The molecule has 1 aromatic carbocycles. The van der Waals surface area contributed by atoms with Crippen LogP contribution in [0.15, 0.2) is 41.7 Å². The number of hydrogen-bond donors (Lipinski definition) is 1. The fraction of sp³-hybridized carbons (Fsp3) is 0.412. The highest BCUT2D eigenvalue weighted by molar-refractivity contribution is 14.0. The van der Waals surface area contributed by atoms with Gasteiger partial charge in [-0.3, -0.25) is 9.67 Å². The summed E-state index contributed by atoms with van der Waals surface area (Å²) in [5.74, 6) is 1.73. The lowest BCUT2D eigenvalue weighted by atomic mass is 10.2. The van der Waals surface area contributed by atoms with E-state index in [9.17, 15) is 0 Å². The molecular weight excluding hydrogens is 417 g/mol. The summed E-state index contributed by atoms with van der Waals surface area (Å²) in [5, 5.41) is 7.64. The molecular formula is C17H26IN5O. The molecule has 0 saturated carbocycles. The third-order valence-corrected chi connectivity index (χ3v) is 3.54. The maximum absolute atomic E-state index is 5.18. The third-order valence-electron chi connectivity index (χ3n) is 3.54. The van der Waals surface area contributed by atoms with E-state index in [0.717, 1.165) is 31.3 Å². The second-order valence-corrected chi connectivity index (χ2v) is 5.46. The number of benzene rings is 1. The van der Waals surface area contributed by atoms with Gasteiger partial charge in [0.05, 0.1) is 19.9 Å². The molecule has 0 unspecified atom stereocenters. The monoisotopic (exact) mass is 443 g/mol. The molecule has 0 aliphatic carbocycles. The van der Waals surface area contributed by atoms with E-state index in [1.165, 1.54) is 11.1 Å². The van der Waals surface area contributed by atoms with Gasteiger partial charge in [-0.25, -0.2) is 0 Å². The summed E-state index contributed by atoms with van der Waals surface area (Å²) in [6.07, 6.45) is 3.90. The normalized spacial score (nSPS) is 10.9. The van der Waals surface area contributed by atoms with Gasteiger partial charge in [0.1, 0.15) is 5.75 Å². The SMILES string of the molecule is CN=C(NCCn1cc(C)cn1)N(C)Cc1ccc(OC)cc1.I. The molecule has 0 radical (unpaired) electrons. The van der Waals surface area contributed by atoms with Crippen molar-refractivity contribution in [2.24, 2.45) is 4.99 Å². The zero-order valence-electron chi connectivity index (χ0n) is 14.7. The minimum atomic E-state index is 0. The lowest BCUT2D eigenvalue weighted by Crippen LogP contribution is -2.39. The predicted molar refractivity (Wildman–Crippen MR) is 108 cm³/mol. The zero-order valence-corrected chi connectivity index (χ0v) is 17.0. The Balaban J connectivity index is 0.00000288. The highest BCUT2D eigenvalue weighted by Crippen LogP contribution is 2.12. The highest BCUT2D eigenvalue weighted by Gasteiger charge is 2.06.